The molecule has 1 aromatic rings. The van der Waals surface area contributed by atoms with E-state index in [1.54, 1.807) is 29.9 Å². The van der Waals surface area contributed by atoms with Crippen LogP contribution in [-0.4, -0.2) is 24.6 Å². The second kappa shape index (κ2) is 5.35. The van der Waals surface area contributed by atoms with Gasteiger partial charge in [-0.2, -0.15) is 0 Å². The molecule has 0 aliphatic carbocycles. The summed E-state index contributed by atoms with van der Waals surface area (Å²) in [6, 6.07) is 3.27. The Morgan fingerprint density at radius 3 is 2.59 bits per heavy atom. The van der Waals surface area contributed by atoms with Gasteiger partial charge in [-0.05, 0) is 24.5 Å². The molecule has 0 aromatic carbocycles. The van der Waals surface area contributed by atoms with Crippen molar-refractivity contribution in [1.29, 1.82) is 0 Å². The fourth-order valence-electron chi connectivity index (χ4n) is 1.33. The smallest absolute Gasteiger partial charge is 0.281 e. The number of nitrogens with zero attached hydrogens (tertiary/aromatic N) is 1. The number of aromatic nitrogens is 1. The average molecular weight is 258 g/mol. The third kappa shape index (κ3) is 4.22. The lowest BCUT2D eigenvalue weighted by Crippen LogP contribution is -2.33. The summed E-state index contributed by atoms with van der Waals surface area (Å²) in [7, 11) is -1.84. The van der Waals surface area contributed by atoms with Crippen LogP contribution in [0.2, 0.25) is 0 Å². The molecule has 17 heavy (non-hydrogen) atoms. The zero-order valence-electron chi connectivity index (χ0n) is 10.3. The topological polar surface area (TPSA) is 68.2 Å². The summed E-state index contributed by atoms with van der Waals surface area (Å²) in [6.07, 6.45) is 2.23. The molecule has 1 aromatic heterocycles. The van der Waals surface area contributed by atoms with E-state index in [1.807, 2.05) is 13.8 Å². The molecule has 0 aliphatic heterocycles. The van der Waals surface area contributed by atoms with E-state index >= 15 is 0 Å². The molecule has 5 nitrogen and oxygen atoms in total. The van der Waals surface area contributed by atoms with E-state index in [2.05, 4.69) is 4.72 Å². The number of nitrogens with one attached hydrogen (secondary N) is 1. The second-order valence-corrected chi connectivity index (χ2v) is 6.28. The molecule has 1 rings (SSSR count). The first-order valence-electron chi connectivity index (χ1n) is 5.48. The van der Waals surface area contributed by atoms with Crippen molar-refractivity contribution in [2.45, 2.75) is 20.3 Å². The number of rotatable bonds is 5. The van der Waals surface area contributed by atoms with Gasteiger partial charge in [-0.15, -0.1) is 0 Å². The van der Waals surface area contributed by atoms with Crippen LogP contribution >= 0.6 is 0 Å². The van der Waals surface area contributed by atoms with Crippen LogP contribution in [0.3, 0.4) is 0 Å². The molecule has 0 saturated heterocycles. The van der Waals surface area contributed by atoms with Crippen LogP contribution in [0.25, 0.3) is 0 Å². The molecule has 6 heteroatoms. The minimum Gasteiger partial charge on any atom is -0.347 e. The SMILES string of the molecule is CC(C)CCS(=O)(=O)NC(=O)c1cccn1C. The Balaban J connectivity index is 2.66. The first-order valence-corrected chi connectivity index (χ1v) is 7.13. The van der Waals surface area contributed by atoms with Gasteiger partial charge >= 0.3 is 0 Å². The van der Waals surface area contributed by atoms with Crippen molar-refractivity contribution in [3.8, 4) is 0 Å². The normalized spacial score (nSPS) is 11.8. The van der Waals surface area contributed by atoms with E-state index in [4.69, 9.17) is 0 Å². The number of amides is 1. The highest BCUT2D eigenvalue weighted by Gasteiger charge is 2.17. The van der Waals surface area contributed by atoms with Gasteiger partial charge in [0.25, 0.3) is 5.91 Å². The molecule has 1 heterocycles. The molecule has 0 fully saturated rings. The van der Waals surface area contributed by atoms with Gasteiger partial charge in [-0.3, -0.25) is 4.79 Å². The average Bonchev–Trinajstić information content (AvgIpc) is 2.61. The van der Waals surface area contributed by atoms with Gasteiger partial charge in [0, 0.05) is 13.2 Å². The monoisotopic (exact) mass is 258 g/mol. The van der Waals surface area contributed by atoms with Gasteiger partial charge in [0.1, 0.15) is 5.69 Å². The number of aryl methyl sites for hydroxylation is 1. The Bertz CT molecular complexity index is 489. The molecule has 96 valence electrons. The largest absolute Gasteiger partial charge is 0.347 e. The van der Waals surface area contributed by atoms with Gasteiger partial charge in [-0.25, -0.2) is 13.1 Å². The molecule has 0 unspecified atom stereocenters. The summed E-state index contributed by atoms with van der Waals surface area (Å²) in [5.74, 6) is -0.321. The fourth-order valence-corrected chi connectivity index (χ4v) is 2.60. The number of hydrogen-bond donors (Lipinski definition) is 1. The van der Waals surface area contributed by atoms with Crippen molar-refractivity contribution >= 4 is 15.9 Å². The number of carbonyl (C=O) groups excluding carboxylic acids is 1. The number of hydrogen-bond acceptors (Lipinski definition) is 3. The predicted octanol–water partition coefficient (Wildman–Crippen LogP) is 1.13. The van der Waals surface area contributed by atoms with E-state index in [-0.39, 0.29) is 11.7 Å². The van der Waals surface area contributed by atoms with Crippen LogP contribution in [0, 0.1) is 5.92 Å². The molecular weight excluding hydrogens is 240 g/mol. The highest BCUT2D eigenvalue weighted by atomic mass is 32.2. The fraction of sp³-hybridized carbons (Fsp3) is 0.545. The van der Waals surface area contributed by atoms with Crippen molar-refractivity contribution in [3.63, 3.8) is 0 Å². The van der Waals surface area contributed by atoms with Crippen LogP contribution in [0.1, 0.15) is 30.8 Å². The molecule has 0 bridgehead atoms. The highest BCUT2D eigenvalue weighted by molar-refractivity contribution is 7.90. The first-order chi connectivity index (χ1) is 7.82. The zero-order chi connectivity index (χ0) is 13.1. The van der Waals surface area contributed by atoms with Gasteiger partial charge in [0.15, 0.2) is 0 Å². The van der Waals surface area contributed by atoms with Crippen LogP contribution in [0.5, 0.6) is 0 Å². The van der Waals surface area contributed by atoms with Gasteiger partial charge in [0.2, 0.25) is 10.0 Å². The number of sulfonamides is 1. The highest BCUT2D eigenvalue weighted by Crippen LogP contribution is 2.04. The third-order valence-electron chi connectivity index (χ3n) is 2.39. The van der Waals surface area contributed by atoms with E-state index in [0.717, 1.165) is 0 Å². The van der Waals surface area contributed by atoms with E-state index in [0.29, 0.717) is 12.1 Å². The predicted molar refractivity (Wildman–Crippen MR) is 66.1 cm³/mol. The van der Waals surface area contributed by atoms with E-state index in [1.165, 1.54) is 0 Å². The standard InChI is InChI=1S/C11H18N2O3S/c1-9(2)6-8-17(15,16)12-11(14)10-5-4-7-13(10)3/h4-5,7,9H,6,8H2,1-3H3,(H,12,14). The Labute approximate surface area is 102 Å². The molecule has 1 N–H and O–H groups in total. The van der Waals surface area contributed by atoms with Crippen LogP contribution < -0.4 is 4.72 Å². The maximum absolute atomic E-state index is 11.7. The van der Waals surface area contributed by atoms with E-state index < -0.39 is 15.9 Å². The lowest BCUT2D eigenvalue weighted by molar-refractivity contribution is 0.0973. The zero-order valence-corrected chi connectivity index (χ0v) is 11.1. The molecule has 0 spiro atoms. The van der Waals surface area contributed by atoms with Crippen molar-refractivity contribution in [3.05, 3.63) is 24.0 Å². The summed E-state index contributed by atoms with van der Waals surface area (Å²) in [5, 5.41) is 0. The molecule has 0 atom stereocenters. The van der Waals surface area contributed by atoms with Crippen LogP contribution in [-0.2, 0) is 17.1 Å². The number of carbonyl (C=O) groups is 1. The minimum absolute atomic E-state index is 0.0270. The summed E-state index contributed by atoms with van der Waals surface area (Å²) in [4.78, 5) is 11.7. The van der Waals surface area contributed by atoms with Crippen LogP contribution in [0.4, 0.5) is 0 Å². The summed E-state index contributed by atoms with van der Waals surface area (Å²) in [5.41, 5.74) is 0.332. The Morgan fingerprint density at radius 2 is 2.12 bits per heavy atom. The Hall–Kier alpha value is -1.30. The van der Waals surface area contributed by atoms with Gasteiger partial charge in [0.05, 0.1) is 5.75 Å². The van der Waals surface area contributed by atoms with Crippen molar-refractivity contribution in [2.24, 2.45) is 13.0 Å². The third-order valence-corrected chi connectivity index (χ3v) is 3.66. The van der Waals surface area contributed by atoms with Crippen molar-refractivity contribution in [1.82, 2.24) is 9.29 Å². The quantitative estimate of drug-likeness (QED) is 0.861. The van der Waals surface area contributed by atoms with Crippen molar-refractivity contribution in [2.75, 3.05) is 5.75 Å². The van der Waals surface area contributed by atoms with Gasteiger partial charge in [-0.1, -0.05) is 13.8 Å². The van der Waals surface area contributed by atoms with Crippen molar-refractivity contribution < 1.29 is 13.2 Å². The molecule has 0 radical (unpaired) electrons. The summed E-state index contributed by atoms with van der Waals surface area (Å²) < 4.78 is 26.9. The minimum atomic E-state index is -3.53. The Kier molecular flexibility index (Phi) is 4.34. The lowest BCUT2D eigenvalue weighted by Gasteiger charge is -2.08. The maximum Gasteiger partial charge on any atom is 0.281 e. The Morgan fingerprint density at radius 1 is 1.47 bits per heavy atom. The molecule has 0 saturated carbocycles. The summed E-state index contributed by atoms with van der Waals surface area (Å²) in [6.45, 7) is 3.88. The van der Waals surface area contributed by atoms with Gasteiger partial charge < -0.3 is 4.57 Å². The molecular formula is C11H18N2O3S. The molecule has 0 aliphatic rings. The second-order valence-electron chi connectivity index (χ2n) is 4.44. The summed E-state index contributed by atoms with van der Waals surface area (Å²) >= 11 is 0. The lowest BCUT2D eigenvalue weighted by atomic mass is 10.2. The maximum atomic E-state index is 11.7. The van der Waals surface area contributed by atoms with Crippen LogP contribution in [0.15, 0.2) is 18.3 Å². The van der Waals surface area contributed by atoms with E-state index in [9.17, 15) is 13.2 Å². The first kappa shape index (κ1) is 13.8. The molecule has 1 amide bonds.